The first kappa shape index (κ1) is 17.3. The molecule has 2 aromatic rings. The van der Waals surface area contributed by atoms with Crippen molar-refractivity contribution in [2.75, 3.05) is 28.3 Å². The van der Waals surface area contributed by atoms with Crippen LogP contribution >= 0.6 is 0 Å². The molecule has 0 amide bonds. The summed E-state index contributed by atoms with van der Waals surface area (Å²) in [6.45, 7) is 2.53. The number of anilines is 2. The summed E-state index contributed by atoms with van der Waals surface area (Å²) in [6, 6.07) is 10.4. The summed E-state index contributed by atoms with van der Waals surface area (Å²) >= 11 is 0. The molecule has 2 aliphatic heterocycles. The average molecular weight is 372 g/mol. The van der Waals surface area contributed by atoms with Gasteiger partial charge in [-0.25, -0.2) is 13.4 Å². The van der Waals surface area contributed by atoms with Gasteiger partial charge in [-0.1, -0.05) is 24.3 Å². The summed E-state index contributed by atoms with van der Waals surface area (Å²) in [4.78, 5) is 11.2. The molecule has 0 saturated carbocycles. The van der Waals surface area contributed by atoms with E-state index in [0.717, 1.165) is 44.7 Å². The van der Waals surface area contributed by atoms with Crippen molar-refractivity contribution in [2.45, 2.75) is 32.4 Å². The van der Waals surface area contributed by atoms with E-state index in [-0.39, 0.29) is 0 Å². The fraction of sp³-hybridized carbons (Fsp3) is 0.474. The number of aromatic nitrogens is 2. The molecule has 1 fully saturated rings. The van der Waals surface area contributed by atoms with Crippen molar-refractivity contribution in [2.24, 2.45) is 5.92 Å². The largest absolute Gasteiger partial charge is 0.354 e. The highest BCUT2D eigenvalue weighted by Crippen LogP contribution is 2.27. The first-order chi connectivity index (χ1) is 12.6. The van der Waals surface area contributed by atoms with Crippen LogP contribution < -0.4 is 10.2 Å². The molecular weight excluding hydrogens is 348 g/mol. The fourth-order valence-corrected chi connectivity index (χ4v) is 5.31. The van der Waals surface area contributed by atoms with Crippen molar-refractivity contribution < 1.29 is 8.42 Å². The monoisotopic (exact) mass is 372 g/mol. The van der Waals surface area contributed by atoms with Gasteiger partial charge in [0.05, 0.1) is 11.5 Å². The zero-order valence-corrected chi connectivity index (χ0v) is 15.6. The van der Waals surface area contributed by atoms with Crippen LogP contribution in [-0.4, -0.2) is 36.4 Å². The molecule has 7 heteroatoms. The van der Waals surface area contributed by atoms with Gasteiger partial charge in [-0.3, -0.25) is 0 Å². The predicted octanol–water partition coefficient (Wildman–Crippen LogP) is 2.62. The molecule has 1 aromatic heterocycles. The molecule has 1 aromatic carbocycles. The van der Waals surface area contributed by atoms with Gasteiger partial charge in [-0.15, -0.1) is 0 Å². The Labute approximate surface area is 154 Å². The smallest absolute Gasteiger partial charge is 0.224 e. The van der Waals surface area contributed by atoms with E-state index < -0.39 is 9.84 Å². The second kappa shape index (κ2) is 7.23. The van der Waals surface area contributed by atoms with Crippen LogP contribution in [0.4, 0.5) is 11.8 Å². The first-order valence-corrected chi connectivity index (χ1v) is 11.0. The Bertz CT molecular complexity index is 846. The van der Waals surface area contributed by atoms with E-state index in [4.69, 9.17) is 0 Å². The van der Waals surface area contributed by atoms with Crippen molar-refractivity contribution >= 4 is 21.6 Å². The molecule has 0 unspecified atom stereocenters. The van der Waals surface area contributed by atoms with Crippen molar-refractivity contribution in [1.29, 1.82) is 0 Å². The van der Waals surface area contributed by atoms with Crippen LogP contribution in [0.15, 0.2) is 36.5 Å². The molecule has 138 valence electrons. The number of hydrogen-bond acceptors (Lipinski definition) is 6. The quantitative estimate of drug-likeness (QED) is 0.870. The minimum Gasteiger partial charge on any atom is -0.354 e. The highest BCUT2D eigenvalue weighted by atomic mass is 32.2. The van der Waals surface area contributed by atoms with Crippen molar-refractivity contribution in [1.82, 2.24) is 9.97 Å². The van der Waals surface area contributed by atoms with Crippen LogP contribution in [0.2, 0.25) is 0 Å². The van der Waals surface area contributed by atoms with E-state index >= 15 is 0 Å². The third kappa shape index (κ3) is 3.98. The molecule has 0 radical (unpaired) electrons. The Kier molecular flexibility index (Phi) is 4.80. The van der Waals surface area contributed by atoms with E-state index in [9.17, 15) is 8.42 Å². The Morgan fingerprint density at radius 2 is 1.77 bits per heavy atom. The summed E-state index contributed by atoms with van der Waals surface area (Å²) in [5, 5.41) is 3.30. The molecule has 4 rings (SSSR count). The maximum Gasteiger partial charge on any atom is 0.224 e. The van der Waals surface area contributed by atoms with Gasteiger partial charge in [0, 0.05) is 25.8 Å². The highest BCUT2D eigenvalue weighted by molar-refractivity contribution is 7.91. The van der Waals surface area contributed by atoms with Crippen LogP contribution in [0, 0.1) is 5.92 Å². The maximum absolute atomic E-state index is 11.5. The summed E-state index contributed by atoms with van der Waals surface area (Å²) < 4.78 is 23.0. The topological polar surface area (TPSA) is 75.2 Å². The van der Waals surface area contributed by atoms with Crippen molar-refractivity contribution in [3.8, 4) is 0 Å². The van der Waals surface area contributed by atoms with E-state index in [1.54, 1.807) is 6.20 Å². The van der Waals surface area contributed by atoms with Gasteiger partial charge in [-0.2, -0.15) is 4.98 Å². The van der Waals surface area contributed by atoms with E-state index in [2.05, 4.69) is 44.5 Å². The van der Waals surface area contributed by atoms with E-state index in [1.165, 1.54) is 11.1 Å². The number of sulfone groups is 1. The third-order valence-electron chi connectivity index (χ3n) is 5.32. The number of rotatable bonds is 5. The fourth-order valence-electron chi connectivity index (χ4n) is 3.72. The van der Waals surface area contributed by atoms with Crippen LogP contribution in [0.1, 0.15) is 30.4 Å². The van der Waals surface area contributed by atoms with Gasteiger partial charge in [0.25, 0.3) is 0 Å². The Morgan fingerprint density at radius 3 is 2.46 bits per heavy atom. The molecule has 0 spiro atoms. The summed E-state index contributed by atoms with van der Waals surface area (Å²) in [5.74, 6) is 2.71. The van der Waals surface area contributed by atoms with Gasteiger partial charge < -0.3 is 10.2 Å². The molecule has 0 aliphatic carbocycles. The molecule has 0 bridgehead atoms. The van der Waals surface area contributed by atoms with Gasteiger partial charge in [0.1, 0.15) is 15.7 Å². The molecule has 6 nitrogen and oxygen atoms in total. The first-order valence-electron chi connectivity index (χ1n) is 9.18. The SMILES string of the molecule is O=S1(=O)CCC(CCNc2nccc(N3Cc4ccccc4C3)n2)CC1. The van der Waals surface area contributed by atoms with Gasteiger partial charge in [0.15, 0.2) is 0 Å². The minimum atomic E-state index is -2.78. The lowest BCUT2D eigenvalue weighted by molar-refractivity contribution is 0.445. The second-order valence-electron chi connectivity index (χ2n) is 7.17. The van der Waals surface area contributed by atoms with E-state index in [0.29, 0.717) is 23.4 Å². The number of benzene rings is 1. The summed E-state index contributed by atoms with van der Waals surface area (Å²) in [5.41, 5.74) is 2.71. The molecule has 0 atom stereocenters. The Morgan fingerprint density at radius 1 is 1.08 bits per heavy atom. The average Bonchev–Trinajstić information content (AvgIpc) is 3.08. The third-order valence-corrected chi connectivity index (χ3v) is 7.03. The Hall–Kier alpha value is -2.15. The normalized spacial score (nSPS) is 19.3. The second-order valence-corrected chi connectivity index (χ2v) is 9.48. The molecule has 2 aliphatic rings. The zero-order valence-electron chi connectivity index (χ0n) is 14.8. The number of nitrogens with one attached hydrogen (secondary N) is 1. The van der Waals surface area contributed by atoms with Crippen LogP contribution in [-0.2, 0) is 22.9 Å². The van der Waals surface area contributed by atoms with Crippen LogP contribution in [0.25, 0.3) is 0 Å². The zero-order chi connectivity index (χ0) is 18.0. The number of fused-ring (bicyclic) bond motifs is 1. The lowest BCUT2D eigenvalue weighted by Crippen LogP contribution is -2.25. The minimum absolute atomic E-state index is 0.333. The molecule has 1 saturated heterocycles. The highest BCUT2D eigenvalue weighted by Gasteiger charge is 2.23. The standard InChI is InChI=1S/C19H24N4O2S/c24-26(25)11-7-15(8-12-26)5-9-20-19-21-10-6-18(22-19)23-13-16-3-1-2-4-17(16)14-23/h1-4,6,10,15H,5,7-9,11-14H2,(H,20,21,22). The van der Waals surface area contributed by atoms with Crippen molar-refractivity contribution in [3.05, 3.63) is 47.7 Å². The summed E-state index contributed by atoms with van der Waals surface area (Å²) in [7, 11) is -2.78. The van der Waals surface area contributed by atoms with Gasteiger partial charge >= 0.3 is 0 Å². The van der Waals surface area contributed by atoms with Crippen LogP contribution in [0.3, 0.4) is 0 Å². The van der Waals surface area contributed by atoms with Crippen molar-refractivity contribution in [3.63, 3.8) is 0 Å². The van der Waals surface area contributed by atoms with Crippen LogP contribution in [0.5, 0.6) is 0 Å². The van der Waals surface area contributed by atoms with Gasteiger partial charge in [0.2, 0.25) is 5.95 Å². The maximum atomic E-state index is 11.5. The lowest BCUT2D eigenvalue weighted by atomic mass is 9.99. The predicted molar refractivity (Wildman–Crippen MR) is 103 cm³/mol. The number of hydrogen-bond donors (Lipinski definition) is 1. The van der Waals surface area contributed by atoms with E-state index in [1.807, 2.05) is 6.07 Å². The lowest BCUT2D eigenvalue weighted by Gasteiger charge is -2.22. The number of nitrogens with zero attached hydrogens (tertiary/aromatic N) is 3. The summed E-state index contributed by atoms with van der Waals surface area (Å²) in [6.07, 6.45) is 4.30. The Balaban J connectivity index is 1.31. The molecule has 26 heavy (non-hydrogen) atoms. The molecule has 1 N–H and O–H groups in total. The molecule has 3 heterocycles. The van der Waals surface area contributed by atoms with Gasteiger partial charge in [-0.05, 0) is 42.4 Å². The molecular formula is C19H24N4O2S.